The van der Waals surface area contributed by atoms with Crippen molar-refractivity contribution >= 4 is 17.7 Å². The molecule has 1 aromatic carbocycles. The number of rotatable bonds is 6. The first kappa shape index (κ1) is 17.0. The summed E-state index contributed by atoms with van der Waals surface area (Å²) in [6, 6.07) is 11.8. The van der Waals surface area contributed by atoms with Crippen LogP contribution in [-0.2, 0) is 4.79 Å². The summed E-state index contributed by atoms with van der Waals surface area (Å²) in [5.41, 5.74) is 0.0689. The molecule has 0 fully saturated rings. The maximum Gasteiger partial charge on any atom is 0.231 e. The Kier molecular flexibility index (Phi) is 5.40. The second-order valence-electron chi connectivity index (χ2n) is 5.64. The number of aromatic nitrogens is 3. The van der Waals surface area contributed by atoms with Gasteiger partial charge in [0.05, 0.1) is 11.8 Å². The van der Waals surface area contributed by atoms with Crippen molar-refractivity contribution in [2.24, 2.45) is 5.92 Å². The minimum atomic E-state index is -0.869. The van der Waals surface area contributed by atoms with Crippen LogP contribution in [0.25, 0.3) is 11.4 Å². The van der Waals surface area contributed by atoms with Crippen molar-refractivity contribution in [3.8, 4) is 17.5 Å². The number of aromatic amines is 1. The highest BCUT2D eigenvalue weighted by Crippen LogP contribution is 2.20. The van der Waals surface area contributed by atoms with E-state index in [2.05, 4.69) is 26.6 Å². The number of hydrogen-bond acceptors (Lipinski definition) is 5. The maximum atomic E-state index is 12.0. The Labute approximate surface area is 139 Å². The lowest BCUT2D eigenvalue weighted by atomic mass is 9.90. The molecule has 2 rings (SSSR count). The van der Waals surface area contributed by atoms with Gasteiger partial charge in [-0.2, -0.15) is 5.26 Å². The Balaban J connectivity index is 1.93. The number of nitriles is 1. The molecule has 1 amide bonds. The summed E-state index contributed by atoms with van der Waals surface area (Å²) in [6.07, 6.45) is 0. The smallest absolute Gasteiger partial charge is 0.231 e. The fourth-order valence-corrected chi connectivity index (χ4v) is 2.39. The average molecular weight is 329 g/mol. The molecule has 120 valence electrons. The van der Waals surface area contributed by atoms with Gasteiger partial charge in [-0.25, -0.2) is 4.98 Å². The SMILES string of the molecule is CC(C)[C@](C)(C#N)NC(=O)CSc1n[nH]c(-c2ccccc2)n1. The highest BCUT2D eigenvalue weighted by Gasteiger charge is 2.29. The molecule has 1 heterocycles. The van der Waals surface area contributed by atoms with Crippen molar-refractivity contribution < 1.29 is 4.79 Å². The molecule has 0 unspecified atom stereocenters. The second kappa shape index (κ2) is 7.29. The van der Waals surface area contributed by atoms with E-state index in [1.807, 2.05) is 44.2 Å². The van der Waals surface area contributed by atoms with Gasteiger partial charge in [0.1, 0.15) is 5.54 Å². The number of nitrogens with one attached hydrogen (secondary N) is 2. The van der Waals surface area contributed by atoms with Crippen LogP contribution < -0.4 is 5.32 Å². The second-order valence-corrected chi connectivity index (χ2v) is 6.58. The topological polar surface area (TPSA) is 94.5 Å². The molecule has 7 heteroatoms. The summed E-state index contributed by atoms with van der Waals surface area (Å²) in [4.78, 5) is 16.4. The lowest BCUT2D eigenvalue weighted by Gasteiger charge is -2.27. The molecular weight excluding hydrogens is 310 g/mol. The number of carbonyl (C=O) groups excluding carboxylic acids is 1. The third-order valence-corrected chi connectivity index (χ3v) is 4.48. The Hall–Kier alpha value is -2.33. The van der Waals surface area contributed by atoms with Crippen LogP contribution in [0.5, 0.6) is 0 Å². The molecule has 0 bridgehead atoms. The standard InChI is InChI=1S/C16H19N5OS/c1-11(2)16(3,10-17)19-13(22)9-23-15-18-14(20-21-15)12-7-5-4-6-8-12/h4-8,11H,9H2,1-3H3,(H,19,22)(H,18,20,21)/t16-/m0/s1. The van der Waals surface area contributed by atoms with Crippen molar-refractivity contribution in [1.82, 2.24) is 20.5 Å². The summed E-state index contributed by atoms with van der Waals surface area (Å²) in [5.74, 6) is 0.641. The molecular formula is C16H19N5OS. The summed E-state index contributed by atoms with van der Waals surface area (Å²) in [5, 5.41) is 19.4. The van der Waals surface area contributed by atoms with E-state index in [4.69, 9.17) is 0 Å². The van der Waals surface area contributed by atoms with Gasteiger partial charge < -0.3 is 5.32 Å². The van der Waals surface area contributed by atoms with Gasteiger partial charge in [-0.05, 0) is 12.8 Å². The van der Waals surface area contributed by atoms with E-state index in [-0.39, 0.29) is 17.6 Å². The molecule has 0 saturated carbocycles. The number of hydrogen-bond donors (Lipinski definition) is 2. The van der Waals surface area contributed by atoms with Crippen LogP contribution in [0.1, 0.15) is 20.8 Å². The Morgan fingerprint density at radius 2 is 2.13 bits per heavy atom. The van der Waals surface area contributed by atoms with Crippen LogP contribution in [0.2, 0.25) is 0 Å². The van der Waals surface area contributed by atoms with Gasteiger partial charge >= 0.3 is 0 Å². The molecule has 0 aliphatic heterocycles. The molecule has 23 heavy (non-hydrogen) atoms. The van der Waals surface area contributed by atoms with Crippen molar-refractivity contribution in [3.05, 3.63) is 30.3 Å². The predicted molar refractivity (Wildman–Crippen MR) is 89.5 cm³/mol. The number of H-pyrrole nitrogens is 1. The minimum Gasteiger partial charge on any atom is -0.337 e. The highest BCUT2D eigenvalue weighted by atomic mass is 32.2. The summed E-state index contributed by atoms with van der Waals surface area (Å²) in [6.45, 7) is 5.52. The highest BCUT2D eigenvalue weighted by molar-refractivity contribution is 7.99. The zero-order chi connectivity index (χ0) is 16.9. The zero-order valence-electron chi connectivity index (χ0n) is 13.3. The predicted octanol–water partition coefficient (Wildman–Crippen LogP) is 2.62. The van der Waals surface area contributed by atoms with Crippen LogP contribution in [-0.4, -0.2) is 32.4 Å². The van der Waals surface area contributed by atoms with Crippen molar-refractivity contribution in [2.45, 2.75) is 31.5 Å². The number of thioether (sulfide) groups is 1. The Morgan fingerprint density at radius 3 is 2.74 bits per heavy atom. The van der Waals surface area contributed by atoms with Crippen LogP contribution in [0.3, 0.4) is 0 Å². The largest absolute Gasteiger partial charge is 0.337 e. The van der Waals surface area contributed by atoms with Gasteiger partial charge in [-0.3, -0.25) is 9.89 Å². The van der Waals surface area contributed by atoms with Crippen LogP contribution >= 0.6 is 11.8 Å². The number of carbonyl (C=O) groups is 1. The molecule has 0 aliphatic carbocycles. The Morgan fingerprint density at radius 1 is 1.43 bits per heavy atom. The van der Waals surface area contributed by atoms with E-state index in [0.717, 1.165) is 5.56 Å². The molecule has 1 atom stereocenters. The fourth-order valence-electron chi connectivity index (χ4n) is 1.79. The molecule has 0 radical (unpaired) electrons. The summed E-state index contributed by atoms with van der Waals surface area (Å²) < 4.78 is 0. The maximum absolute atomic E-state index is 12.0. The van der Waals surface area contributed by atoms with Crippen LogP contribution in [0, 0.1) is 17.2 Å². The van der Waals surface area contributed by atoms with Crippen molar-refractivity contribution in [3.63, 3.8) is 0 Å². The van der Waals surface area contributed by atoms with Crippen molar-refractivity contribution in [2.75, 3.05) is 5.75 Å². The fraction of sp³-hybridized carbons (Fsp3) is 0.375. The minimum absolute atomic E-state index is 0.0228. The molecule has 0 aliphatic rings. The van der Waals surface area contributed by atoms with Crippen molar-refractivity contribution in [1.29, 1.82) is 5.26 Å². The molecule has 6 nitrogen and oxygen atoms in total. The number of benzene rings is 1. The molecule has 0 saturated heterocycles. The van der Waals surface area contributed by atoms with Gasteiger partial charge in [0.15, 0.2) is 5.82 Å². The van der Waals surface area contributed by atoms with E-state index in [1.165, 1.54) is 11.8 Å². The lowest BCUT2D eigenvalue weighted by molar-refractivity contribution is -0.120. The third-order valence-electron chi connectivity index (χ3n) is 3.63. The Bertz CT molecular complexity index is 707. The van der Waals surface area contributed by atoms with Crippen LogP contribution in [0.15, 0.2) is 35.5 Å². The zero-order valence-corrected chi connectivity index (χ0v) is 14.1. The molecule has 2 aromatic rings. The summed E-state index contributed by atoms with van der Waals surface area (Å²) in [7, 11) is 0. The third kappa shape index (κ3) is 4.33. The van der Waals surface area contributed by atoms with Gasteiger partial charge in [0.25, 0.3) is 0 Å². The van der Waals surface area contributed by atoms with E-state index >= 15 is 0 Å². The first-order chi connectivity index (χ1) is 10.9. The monoisotopic (exact) mass is 329 g/mol. The van der Waals surface area contributed by atoms with E-state index in [0.29, 0.717) is 11.0 Å². The average Bonchev–Trinajstić information content (AvgIpc) is 3.02. The van der Waals surface area contributed by atoms with E-state index < -0.39 is 5.54 Å². The lowest BCUT2D eigenvalue weighted by Crippen LogP contribution is -2.49. The van der Waals surface area contributed by atoms with Gasteiger partial charge in [-0.1, -0.05) is 55.9 Å². The molecule has 2 N–H and O–H groups in total. The molecule has 0 spiro atoms. The first-order valence-corrected chi connectivity index (χ1v) is 8.26. The number of nitrogens with zero attached hydrogens (tertiary/aromatic N) is 3. The van der Waals surface area contributed by atoms with Gasteiger partial charge in [-0.15, -0.1) is 5.10 Å². The summed E-state index contributed by atoms with van der Waals surface area (Å²) >= 11 is 1.23. The van der Waals surface area contributed by atoms with Crippen LogP contribution in [0.4, 0.5) is 0 Å². The normalized spacial score (nSPS) is 13.3. The quantitative estimate of drug-likeness (QED) is 0.794. The number of amides is 1. The van der Waals surface area contributed by atoms with Gasteiger partial charge in [0, 0.05) is 5.56 Å². The van der Waals surface area contributed by atoms with E-state index in [1.54, 1.807) is 6.92 Å². The van der Waals surface area contributed by atoms with E-state index in [9.17, 15) is 10.1 Å². The van der Waals surface area contributed by atoms with Gasteiger partial charge in [0.2, 0.25) is 11.1 Å². The first-order valence-electron chi connectivity index (χ1n) is 7.27. The molecule has 1 aromatic heterocycles.